The summed E-state index contributed by atoms with van der Waals surface area (Å²) in [5.74, 6) is 0. The molecule has 136 valence electrons. The molecule has 0 aliphatic heterocycles. The van der Waals surface area contributed by atoms with Crippen molar-refractivity contribution in [3.63, 3.8) is 0 Å². The topological polar surface area (TPSA) is 79.0 Å². The average molecular weight is 370 g/mol. The summed E-state index contributed by atoms with van der Waals surface area (Å²) in [6.45, 7) is 7.39. The number of pyridine rings is 1. The van der Waals surface area contributed by atoms with Crippen molar-refractivity contribution in [2.45, 2.75) is 39.1 Å². The van der Waals surface area contributed by atoms with Gasteiger partial charge in [0.1, 0.15) is 0 Å². The average Bonchev–Trinajstić information content (AvgIpc) is 2.52. The van der Waals surface area contributed by atoms with Crippen molar-refractivity contribution < 1.29 is 8.42 Å². The van der Waals surface area contributed by atoms with Crippen LogP contribution in [0.15, 0.2) is 46.1 Å². The smallest absolute Gasteiger partial charge is 0.252 e. The van der Waals surface area contributed by atoms with E-state index in [1.165, 1.54) is 0 Å². The molecule has 3 rings (SSSR count). The first-order chi connectivity index (χ1) is 12.2. The maximum atomic E-state index is 12.8. The van der Waals surface area contributed by atoms with E-state index in [-0.39, 0.29) is 17.0 Å². The number of fused-ring (bicyclic) bond motifs is 1. The normalized spacial score (nSPS) is 11.8. The molecule has 0 atom stereocenters. The largest absolute Gasteiger partial charge is 0.322 e. The summed E-state index contributed by atoms with van der Waals surface area (Å²) in [7, 11) is -3.72. The van der Waals surface area contributed by atoms with Crippen molar-refractivity contribution in [2.75, 3.05) is 0 Å². The number of sulfonamides is 1. The van der Waals surface area contributed by atoms with Crippen LogP contribution in [0, 0.1) is 27.7 Å². The Bertz CT molecular complexity index is 1140. The third kappa shape index (κ3) is 3.57. The zero-order valence-corrected chi connectivity index (χ0v) is 16.1. The minimum atomic E-state index is -3.72. The van der Waals surface area contributed by atoms with E-state index in [2.05, 4.69) is 9.71 Å². The second-order valence-electron chi connectivity index (χ2n) is 6.77. The van der Waals surface area contributed by atoms with Gasteiger partial charge in [0.05, 0.1) is 4.90 Å². The molecule has 0 bridgehead atoms. The van der Waals surface area contributed by atoms with Gasteiger partial charge in [-0.2, -0.15) is 0 Å². The molecule has 26 heavy (non-hydrogen) atoms. The number of hydrogen-bond acceptors (Lipinski definition) is 3. The number of benzene rings is 2. The van der Waals surface area contributed by atoms with Crippen LogP contribution in [0.4, 0.5) is 0 Å². The Hall–Kier alpha value is -2.44. The summed E-state index contributed by atoms with van der Waals surface area (Å²) in [4.78, 5) is 15.3. The fourth-order valence-electron chi connectivity index (χ4n) is 3.34. The fourth-order valence-corrected chi connectivity index (χ4v) is 4.79. The Labute approximate surface area is 153 Å². The highest BCUT2D eigenvalue weighted by Gasteiger charge is 2.20. The number of H-pyrrole nitrogens is 1. The van der Waals surface area contributed by atoms with E-state index in [1.54, 1.807) is 19.9 Å². The van der Waals surface area contributed by atoms with E-state index in [0.717, 1.165) is 22.0 Å². The van der Waals surface area contributed by atoms with Crippen molar-refractivity contribution in [3.05, 3.63) is 74.6 Å². The predicted octanol–water partition coefficient (Wildman–Crippen LogP) is 3.24. The first-order valence-electron chi connectivity index (χ1n) is 8.37. The van der Waals surface area contributed by atoms with Gasteiger partial charge >= 0.3 is 0 Å². The van der Waals surface area contributed by atoms with Crippen LogP contribution in [0.1, 0.15) is 27.8 Å². The molecular weight excluding hydrogens is 348 g/mol. The van der Waals surface area contributed by atoms with Crippen LogP contribution in [0.5, 0.6) is 0 Å². The Kier molecular flexibility index (Phi) is 4.73. The SMILES string of the molecule is Cc1cc(C)c(S(=O)(=O)NCc2cc3cc(C)ccc3[nH]c2=O)c(C)c1. The number of aromatic amines is 1. The van der Waals surface area contributed by atoms with Gasteiger partial charge in [-0.15, -0.1) is 0 Å². The maximum absolute atomic E-state index is 12.8. The number of nitrogens with one attached hydrogen (secondary N) is 2. The number of rotatable bonds is 4. The van der Waals surface area contributed by atoms with Gasteiger partial charge in [0.15, 0.2) is 0 Å². The first-order valence-corrected chi connectivity index (χ1v) is 9.86. The van der Waals surface area contributed by atoms with E-state index in [4.69, 9.17) is 0 Å². The number of aromatic nitrogens is 1. The first kappa shape index (κ1) is 18.4. The van der Waals surface area contributed by atoms with E-state index in [9.17, 15) is 13.2 Å². The summed E-state index contributed by atoms with van der Waals surface area (Å²) in [6.07, 6.45) is 0. The summed E-state index contributed by atoms with van der Waals surface area (Å²) >= 11 is 0. The molecule has 0 saturated carbocycles. The molecule has 2 N–H and O–H groups in total. The summed E-state index contributed by atoms with van der Waals surface area (Å²) in [6, 6.07) is 11.1. The van der Waals surface area contributed by atoms with Crippen molar-refractivity contribution in [1.82, 2.24) is 9.71 Å². The zero-order valence-electron chi connectivity index (χ0n) is 15.3. The van der Waals surface area contributed by atoms with Gasteiger partial charge < -0.3 is 4.98 Å². The number of aryl methyl sites for hydroxylation is 4. The van der Waals surface area contributed by atoms with Crippen LogP contribution in [-0.2, 0) is 16.6 Å². The maximum Gasteiger partial charge on any atom is 0.252 e. The highest BCUT2D eigenvalue weighted by molar-refractivity contribution is 7.89. The summed E-state index contributed by atoms with van der Waals surface area (Å²) in [5.41, 5.74) is 4.30. The standard InChI is InChI=1S/C20H22N2O3S/c1-12-5-6-18-16(9-12)10-17(20(23)22-18)11-21-26(24,25)19-14(3)7-13(2)8-15(19)4/h5-10,21H,11H2,1-4H3,(H,22,23). The molecule has 0 spiro atoms. The van der Waals surface area contributed by atoms with Crippen LogP contribution >= 0.6 is 0 Å². The van der Waals surface area contributed by atoms with E-state index in [0.29, 0.717) is 16.7 Å². The molecule has 3 aromatic rings. The van der Waals surface area contributed by atoms with Crippen LogP contribution in [0.2, 0.25) is 0 Å². The lowest BCUT2D eigenvalue weighted by atomic mass is 10.1. The molecule has 0 saturated heterocycles. The second kappa shape index (κ2) is 6.70. The fraction of sp³-hybridized carbons (Fsp3) is 0.250. The zero-order chi connectivity index (χ0) is 19.1. The quantitative estimate of drug-likeness (QED) is 0.740. The van der Waals surface area contributed by atoms with Gasteiger partial charge in [0.25, 0.3) is 5.56 Å². The van der Waals surface area contributed by atoms with Gasteiger partial charge in [-0.3, -0.25) is 4.79 Å². The second-order valence-corrected chi connectivity index (χ2v) is 8.47. The van der Waals surface area contributed by atoms with Crippen LogP contribution in [-0.4, -0.2) is 13.4 Å². The lowest BCUT2D eigenvalue weighted by molar-refractivity contribution is 0.579. The lowest BCUT2D eigenvalue weighted by Gasteiger charge is -2.13. The van der Waals surface area contributed by atoms with Crippen LogP contribution < -0.4 is 10.3 Å². The molecule has 5 nitrogen and oxygen atoms in total. The Morgan fingerprint density at radius 3 is 2.23 bits per heavy atom. The van der Waals surface area contributed by atoms with Crippen molar-refractivity contribution in [1.29, 1.82) is 0 Å². The van der Waals surface area contributed by atoms with Crippen molar-refractivity contribution in [3.8, 4) is 0 Å². The van der Waals surface area contributed by atoms with Crippen molar-refractivity contribution >= 4 is 20.9 Å². The van der Waals surface area contributed by atoms with E-state index < -0.39 is 10.0 Å². The summed E-state index contributed by atoms with van der Waals surface area (Å²) < 4.78 is 28.1. The van der Waals surface area contributed by atoms with Crippen LogP contribution in [0.3, 0.4) is 0 Å². The molecule has 0 radical (unpaired) electrons. The lowest BCUT2D eigenvalue weighted by Crippen LogP contribution is -2.28. The van der Waals surface area contributed by atoms with Crippen LogP contribution in [0.25, 0.3) is 10.9 Å². The number of hydrogen-bond donors (Lipinski definition) is 2. The minimum Gasteiger partial charge on any atom is -0.322 e. The molecule has 0 amide bonds. The Morgan fingerprint density at radius 1 is 0.923 bits per heavy atom. The van der Waals surface area contributed by atoms with E-state index >= 15 is 0 Å². The highest BCUT2D eigenvalue weighted by Crippen LogP contribution is 2.22. The molecular formula is C20H22N2O3S. The molecule has 1 heterocycles. The minimum absolute atomic E-state index is 0.0612. The monoisotopic (exact) mass is 370 g/mol. The molecule has 2 aromatic carbocycles. The molecule has 0 unspecified atom stereocenters. The van der Waals surface area contributed by atoms with Gasteiger partial charge in [-0.1, -0.05) is 29.3 Å². The van der Waals surface area contributed by atoms with Gasteiger partial charge in [-0.25, -0.2) is 13.1 Å². The van der Waals surface area contributed by atoms with Crippen molar-refractivity contribution in [2.24, 2.45) is 0 Å². The van der Waals surface area contributed by atoms with E-state index in [1.807, 2.05) is 44.2 Å². The Morgan fingerprint density at radius 2 is 1.58 bits per heavy atom. The predicted molar refractivity (Wildman–Crippen MR) is 104 cm³/mol. The molecule has 0 fully saturated rings. The summed E-state index contributed by atoms with van der Waals surface area (Å²) in [5, 5.41) is 0.876. The molecule has 1 aromatic heterocycles. The van der Waals surface area contributed by atoms with Gasteiger partial charge in [0, 0.05) is 17.6 Å². The molecule has 6 heteroatoms. The Balaban J connectivity index is 1.94. The molecule has 0 aliphatic rings. The highest BCUT2D eigenvalue weighted by atomic mass is 32.2. The van der Waals surface area contributed by atoms with Gasteiger partial charge in [0.2, 0.25) is 10.0 Å². The third-order valence-corrected chi connectivity index (χ3v) is 6.11. The van der Waals surface area contributed by atoms with Gasteiger partial charge in [-0.05, 0) is 62.4 Å². The molecule has 0 aliphatic carbocycles. The third-order valence-electron chi connectivity index (χ3n) is 4.40.